The standard InChI is InChI=1S/C15H23NS/c17-14(16-13-1-2-13)9-15-6-10-3-11(7-15)5-12(4-10)8-15/h10-13H,1-9H2,(H,16,17). The van der Waals surface area contributed by atoms with E-state index in [-0.39, 0.29) is 0 Å². The first kappa shape index (κ1) is 10.8. The van der Waals surface area contributed by atoms with Crippen molar-refractivity contribution in [2.45, 2.75) is 63.8 Å². The van der Waals surface area contributed by atoms with Gasteiger partial charge in [0.15, 0.2) is 0 Å². The molecule has 1 N–H and O–H groups in total. The van der Waals surface area contributed by atoms with Gasteiger partial charge in [-0.05, 0) is 74.5 Å². The van der Waals surface area contributed by atoms with Gasteiger partial charge in [0.2, 0.25) is 0 Å². The maximum Gasteiger partial charge on any atom is 0.0761 e. The molecule has 0 amide bonds. The average Bonchev–Trinajstić information content (AvgIpc) is 2.97. The van der Waals surface area contributed by atoms with Crippen LogP contribution < -0.4 is 5.32 Å². The zero-order valence-electron chi connectivity index (χ0n) is 10.6. The molecule has 5 rings (SSSR count). The van der Waals surface area contributed by atoms with Crippen molar-refractivity contribution in [2.75, 3.05) is 0 Å². The van der Waals surface area contributed by atoms with E-state index in [4.69, 9.17) is 12.2 Å². The summed E-state index contributed by atoms with van der Waals surface area (Å²) in [5.41, 5.74) is 0.633. The van der Waals surface area contributed by atoms with Crippen LogP contribution >= 0.6 is 12.2 Å². The number of nitrogens with one attached hydrogen (secondary N) is 1. The van der Waals surface area contributed by atoms with Gasteiger partial charge < -0.3 is 5.32 Å². The van der Waals surface area contributed by atoms with Gasteiger partial charge in [0.25, 0.3) is 0 Å². The van der Waals surface area contributed by atoms with Gasteiger partial charge in [-0.1, -0.05) is 12.2 Å². The summed E-state index contributed by atoms with van der Waals surface area (Å²) in [6.45, 7) is 0. The molecule has 4 bridgehead atoms. The van der Waals surface area contributed by atoms with Crippen LogP contribution in [-0.4, -0.2) is 11.0 Å². The third kappa shape index (κ3) is 2.03. The minimum atomic E-state index is 0.633. The molecule has 17 heavy (non-hydrogen) atoms. The molecule has 0 heterocycles. The number of hydrogen-bond donors (Lipinski definition) is 1. The highest BCUT2D eigenvalue weighted by atomic mass is 32.1. The van der Waals surface area contributed by atoms with E-state index in [1.807, 2.05) is 0 Å². The van der Waals surface area contributed by atoms with Crippen LogP contribution in [0.25, 0.3) is 0 Å². The first-order valence-electron chi connectivity index (χ1n) is 7.50. The lowest BCUT2D eigenvalue weighted by atomic mass is 9.49. The van der Waals surface area contributed by atoms with Gasteiger partial charge in [-0.2, -0.15) is 0 Å². The van der Waals surface area contributed by atoms with Crippen LogP contribution in [0.1, 0.15) is 57.8 Å². The third-order valence-electron chi connectivity index (χ3n) is 5.64. The second kappa shape index (κ2) is 3.69. The molecule has 94 valence electrons. The molecule has 0 saturated heterocycles. The Bertz CT molecular complexity index is 310. The van der Waals surface area contributed by atoms with Crippen molar-refractivity contribution in [3.8, 4) is 0 Å². The number of rotatable bonds is 3. The maximum absolute atomic E-state index is 5.59. The van der Waals surface area contributed by atoms with E-state index in [9.17, 15) is 0 Å². The number of hydrogen-bond acceptors (Lipinski definition) is 1. The lowest BCUT2D eigenvalue weighted by Gasteiger charge is -2.57. The van der Waals surface area contributed by atoms with Gasteiger partial charge in [-0.15, -0.1) is 0 Å². The molecule has 5 aliphatic carbocycles. The predicted molar refractivity (Wildman–Crippen MR) is 74.0 cm³/mol. The molecule has 0 aromatic carbocycles. The zero-order valence-corrected chi connectivity index (χ0v) is 11.4. The van der Waals surface area contributed by atoms with Crippen LogP contribution in [0, 0.1) is 23.2 Å². The third-order valence-corrected chi connectivity index (χ3v) is 5.91. The molecule has 0 spiro atoms. The molecule has 0 aromatic rings. The Labute approximate surface area is 110 Å². The van der Waals surface area contributed by atoms with Crippen molar-refractivity contribution in [3.05, 3.63) is 0 Å². The van der Waals surface area contributed by atoms with Gasteiger partial charge in [0, 0.05) is 12.5 Å². The van der Waals surface area contributed by atoms with Crippen molar-refractivity contribution in [1.29, 1.82) is 0 Å². The van der Waals surface area contributed by atoms with E-state index in [0.29, 0.717) is 5.41 Å². The molecule has 1 nitrogen and oxygen atoms in total. The summed E-state index contributed by atoms with van der Waals surface area (Å²) in [5, 5.41) is 3.56. The molecule has 5 fully saturated rings. The van der Waals surface area contributed by atoms with Gasteiger partial charge >= 0.3 is 0 Å². The maximum atomic E-state index is 5.59. The first-order valence-corrected chi connectivity index (χ1v) is 7.91. The summed E-state index contributed by atoms with van der Waals surface area (Å²) in [6.07, 6.45) is 13.0. The van der Waals surface area contributed by atoms with Gasteiger partial charge in [-0.3, -0.25) is 0 Å². The summed E-state index contributed by atoms with van der Waals surface area (Å²) < 4.78 is 0. The Kier molecular flexibility index (Phi) is 2.34. The molecular weight excluding hydrogens is 226 g/mol. The predicted octanol–water partition coefficient (Wildman–Crippen LogP) is 3.67. The van der Waals surface area contributed by atoms with Crippen molar-refractivity contribution in [1.82, 2.24) is 5.32 Å². The molecule has 0 radical (unpaired) electrons. The fourth-order valence-electron chi connectivity index (χ4n) is 5.35. The fourth-order valence-corrected chi connectivity index (χ4v) is 5.83. The van der Waals surface area contributed by atoms with Crippen molar-refractivity contribution in [2.24, 2.45) is 23.2 Å². The summed E-state index contributed by atoms with van der Waals surface area (Å²) in [4.78, 5) is 1.19. The van der Waals surface area contributed by atoms with Crippen LogP contribution in [0.4, 0.5) is 0 Å². The summed E-state index contributed by atoms with van der Waals surface area (Å²) >= 11 is 5.59. The highest BCUT2D eigenvalue weighted by Crippen LogP contribution is 2.61. The SMILES string of the molecule is S=C(CC12CC3CC(CC(C3)C1)C2)NC1CC1. The summed E-state index contributed by atoms with van der Waals surface area (Å²) in [7, 11) is 0. The van der Waals surface area contributed by atoms with Gasteiger partial charge in [0.05, 0.1) is 4.99 Å². The van der Waals surface area contributed by atoms with E-state index in [1.165, 1.54) is 43.5 Å². The second-order valence-corrected chi connectivity index (χ2v) is 7.93. The molecule has 2 heteroatoms. The van der Waals surface area contributed by atoms with Crippen molar-refractivity contribution >= 4 is 17.2 Å². The fraction of sp³-hybridized carbons (Fsp3) is 0.933. The summed E-state index contributed by atoms with van der Waals surface area (Å²) in [6, 6.07) is 0.747. The van der Waals surface area contributed by atoms with Crippen LogP contribution in [0.5, 0.6) is 0 Å². The Balaban J connectivity index is 1.46. The lowest BCUT2D eigenvalue weighted by Crippen LogP contribution is -2.47. The Morgan fingerprint density at radius 1 is 1.00 bits per heavy atom. The van der Waals surface area contributed by atoms with E-state index in [1.54, 1.807) is 19.3 Å². The number of thiocarbonyl (C=S) groups is 1. The van der Waals surface area contributed by atoms with Crippen molar-refractivity contribution < 1.29 is 0 Å². The lowest BCUT2D eigenvalue weighted by molar-refractivity contribution is -0.0482. The molecule has 0 atom stereocenters. The zero-order chi connectivity index (χ0) is 11.5. The Hall–Kier alpha value is -0.110. The highest BCUT2D eigenvalue weighted by Gasteiger charge is 2.51. The van der Waals surface area contributed by atoms with Crippen molar-refractivity contribution in [3.63, 3.8) is 0 Å². The molecule has 0 aliphatic heterocycles. The Morgan fingerprint density at radius 3 is 2.00 bits per heavy atom. The van der Waals surface area contributed by atoms with E-state index in [0.717, 1.165) is 23.8 Å². The second-order valence-electron chi connectivity index (χ2n) is 7.44. The van der Waals surface area contributed by atoms with Crippen LogP contribution in [0.2, 0.25) is 0 Å². The van der Waals surface area contributed by atoms with E-state index >= 15 is 0 Å². The molecule has 5 aliphatic rings. The van der Waals surface area contributed by atoms with E-state index in [2.05, 4.69) is 5.32 Å². The molecule has 5 saturated carbocycles. The van der Waals surface area contributed by atoms with Gasteiger partial charge in [-0.25, -0.2) is 0 Å². The minimum absolute atomic E-state index is 0.633. The molecule has 0 unspecified atom stereocenters. The molecular formula is C15H23NS. The molecule has 0 aromatic heterocycles. The minimum Gasteiger partial charge on any atom is -0.377 e. The van der Waals surface area contributed by atoms with Gasteiger partial charge in [0.1, 0.15) is 0 Å². The van der Waals surface area contributed by atoms with E-state index < -0.39 is 0 Å². The Morgan fingerprint density at radius 2 is 1.53 bits per heavy atom. The topological polar surface area (TPSA) is 12.0 Å². The highest BCUT2D eigenvalue weighted by molar-refractivity contribution is 7.80. The first-order chi connectivity index (χ1) is 8.21. The van der Waals surface area contributed by atoms with Crippen LogP contribution in [-0.2, 0) is 0 Å². The largest absolute Gasteiger partial charge is 0.377 e. The normalized spacial score (nSPS) is 47.2. The quantitative estimate of drug-likeness (QED) is 0.766. The van der Waals surface area contributed by atoms with Crippen LogP contribution in [0.15, 0.2) is 0 Å². The smallest absolute Gasteiger partial charge is 0.0761 e. The summed E-state index contributed by atoms with van der Waals surface area (Å²) in [5.74, 6) is 3.18. The average molecular weight is 249 g/mol. The monoisotopic (exact) mass is 249 g/mol. The van der Waals surface area contributed by atoms with Crippen LogP contribution in [0.3, 0.4) is 0 Å².